The van der Waals surface area contributed by atoms with E-state index < -0.39 is 0 Å². The maximum absolute atomic E-state index is 5.81. The molecule has 2 aromatic heterocycles. The van der Waals surface area contributed by atoms with Crippen molar-refractivity contribution in [3.05, 3.63) is 78.9 Å². The second-order valence-electron chi connectivity index (χ2n) is 5.62. The number of nitrogens with one attached hydrogen (secondary N) is 1. The molecule has 0 fully saturated rings. The van der Waals surface area contributed by atoms with Crippen molar-refractivity contribution >= 4 is 5.88 Å². The Bertz CT molecular complexity index is 956. The molecule has 0 unspecified atom stereocenters. The van der Waals surface area contributed by atoms with E-state index in [1.165, 1.54) is 0 Å². The largest absolute Gasteiger partial charge is 0.486 e. The van der Waals surface area contributed by atoms with Crippen molar-refractivity contribution in [2.75, 3.05) is 5.73 Å². The SMILES string of the molecule is Nc1occc1-c1ccc(-c2cnc(COc3ccccc3)[nH]2)cc1. The second-order valence-corrected chi connectivity index (χ2v) is 5.62. The number of furan rings is 1. The molecule has 0 aliphatic heterocycles. The molecule has 0 saturated carbocycles. The smallest absolute Gasteiger partial charge is 0.197 e. The van der Waals surface area contributed by atoms with Crippen molar-refractivity contribution in [1.29, 1.82) is 0 Å². The number of imidazole rings is 1. The monoisotopic (exact) mass is 331 g/mol. The van der Waals surface area contributed by atoms with E-state index >= 15 is 0 Å². The molecule has 0 aliphatic rings. The summed E-state index contributed by atoms with van der Waals surface area (Å²) in [6.07, 6.45) is 3.40. The maximum atomic E-state index is 5.81. The highest BCUT2D eigenvalue weighted by atomic mass is 16.5. The zero-order valence-corrected chi connectivity index (χ0v) is 13.5. The fourth-order valence-electron chi connectivity index (χ4n) is 2.64. The van der Waals surface area contributed by atoms with E-state index in [-0.39, 0.29) is 0 Å². The Balaban J connectivity index is 1.47. The van der Waals surface area contributed by atoms with Gasteiger partial charge in [0.1, 0.15) is 18.2 Å². The van der Waals surface area contributed by atoms with Crippen LogP contribution in [0.4, 0.5) is 5.88 Å². The van der Waals surface area contributed by atoms with Gasteiger partial charge in [-0.15, -0.1) is 0 Å². The van der Waals surface area contributed by atoms with Crippen molar-refractivity contribution in [3.8, 4) is 28.1 Å². The number of para-hydroxylation sites is 1. The highest BCUT2D eigenvalue weighted by Crippen LogP contribution is 2.28. The molecule has 5 nitrogen and oxygen atoms in total. The van der Waals surface area contributed by atoms with Crippen LogP contribution in [0.1, 0.15) is 5.82 Å². The fourth-order valence-corrected chi connectivity index (χ4v) is 2.64. The van der Waals surface area contributed by atoms with Gasteiger partial charge in [0.25, 0.3) is 0 Å². The molecular weight excluding hydrogens is 314 g/mol. The van der Waals surface area contributed by atoms with Crippen molar-refractivity contribution in [2.45, 2.75) is 6.61 Å². The van der Waals surface area contributed by atoms with E-state index in [1.54, 1.807) is 6.26 Å². The molecule has 2 heterocycles. The van der Waals surface area contributed by atoms with Crippen molar-refractivity contribution in [1.82, 2.24) is 9.97 Å². The summed E-state index contributed by atoms with van der Waals surface area (Å²) < 4.78 is 10.9. The van der Waals surface area contributed by atoms with Gasteiger partial charge >= 0.3 is 0 Å². The number of hydrogen-bond donors (Lipinski definition) is 2. The van der Waals surface area contributed by atoms with Crippen LogP contribution in [0.15, 0.2) is 77.5 Å². The molecule has 4 rings (SSSR count). The summed E-state index contributed by atoms with van der Waals surface area (Å²) in [6.45, 7) is 0.396. The van der Waals surface area contributed by atoms with Crippen LogP contribution in [0.3, 0.4) is 0 Å². The Hall–Kier alpha value is -3.47. The molecule has 0 aliphatic carbocycles. The summed E-state index contributed by atoms with van der Waals surface area (Å²) in [6, 6.07) is 19.6. The van der Waals surface area contributed by atoms with Gasteiger partial charge < -0.3 is 19.9 Å². The van der Waals surface area contributed by atoms with E-state index in [0.717, 1.165) is 34.0 Å². The van der Waals surface area contributed by atoms with Crippen molar-refractivity contribution in [2.24, 2.45) is 0 Å². The average Bonchev–Trinajstić information content (AvgIpc) is 3.30. The quantitative estimate of drug-likeness (QED) is 0.564. The fraction of sp³-hybridized carbons (Fsp3) is 0.0500. The van der Waals surface area contributed by atoms with Gasteiger partial charge in [0.05, 0.1) is 18.2 Å². The summed E-state index contributed by atoms with van der Waals surface area (Å²) in [5.41, 5.74) is 9.71. The first-order valence-electron chi connectivity index (χ1n) is 7.95. The topological polar surface area (TPSA) is 77.1 Å². The Morgan fingerprint density at radius 1 is 0.960 bits per heavy atom. The van der Waals surface area contributed by atoms with E-state index in [4.69, 9.17) is 14.9 Å². The number of nitrogen functional groups attached to an aromatic ring is 1. The lowest BCUT2D eigenvalue weighted by Crippen LogP contribution is -1.97. The van der Waals surface area contributed by atoms with E-state index in [2.05, 4.69) is 9.97 Å². The minimum absolute atomic E-state index is 0.396. The standard InChI is InChI=1S/C20H17N3O2/c21-20-17(10-11-24-20)14-6-8-15(9-7-14)18-12-22-19(23-18)13-25-16-4-2-1-3-5-16/h1-12H,13,21H2,(H,22,23). The number of aromatic amines is 1. The number of rotatable bonds is 5. The van der Waals surface area contributed by atoms with Crippen LogP contribution in [-0.4, -0.2) is 9.97 Å². The minimum Gasteiger partial charge on any atom is -0.486 e. The molecule has 3 N–H and O–H groups in total. The van der Waals surface area contributed by atoms with Crippen molar-refractivity contribution < 1.29 is 9.15 Å². The third-order valence-corrected chi connectivity index (χ3v) is 3.95. The predicted molar refractivity (Wildman–Crippen MR) is 96.9 cm³/mol. The number of anilines is 1. The van der Waals surface area contributed by atoms with Gasteiger partial charge in [-0.05, 0) is 29.3 Å². The lowest BCUT2D eigenvalue weighted by atomic mass is 10.1. The van der Waals surface area contributed by atoms with Gasteiger partial charge in [-0.3, -0.25) is 0 Å². The molecule has 0 radical (unpaired) electrons. The number of hydrogen-bond acceptors (Lipinski definition) is 4. The molecule has 0 bridgehead atoms. The number of ether oxygens (including phenoxy) is 1. The van der Waals surface area contributed by atoms with E-state index in [9.17, 15) is 0 Å². The molecule has 25 heavy (non-hydrogen) atoms. The normalized spacial score (nSPS) is 10.7. The molecular formula is C20H17N3O2. The maximum Gasteiger partial charge on any atom is 0.197 e. The summed E-state index contributed by atoms with van der Waals surface area (Å²) in [4.78, 5) is 7.66. The minimum atomic E-state index is 0.396. The summed E-state index contributed by atoms with van der Waals surface area (Å²) in [5.74, 6) is 2.03. The summed E-state index contributed by atoms with van der Waals surface area (Å²) >= 11 is 0. The lowest BCUT2D eigenvalue weighted by molar-refractivity contribution is 0.297. The van der Waals surface area contributed by atoms with E-state index in [1.807, 2.05) is 66.9 Å². The number of H-pyrrole nitrogens is 1. The van der Waals surface area contributed by atoms with Crippen LogP contribution in [0, 0.1) is 0 Å². The Kier molecular flexibility index (Phi) is 3.96. The van der Waals surface area contributed by atoms with Crippen LogP contribution in [-0.2, 0) is 6.61 Å². The lowest BCUT2D eigenvalue weighted by Gasteiger charge is -2.03. The predicted octanol–water partition coefficient (Wildman–Crippen LogP) is 4.50. The molecule has 4 aromatic rings. The second kappa shape index (κ2) is 6.57. The molecule has 0 saturated heterocycles. The van der Waals surface area contributed by atoms with Crippen LogP contribution in [0.5, 0.6) is 5.75 Å². The van der Waals surface area contributed by atoms with Crippen LogP contribution in [0.2, 0.25) is 0 Å². The number of nitrogens with two attached hydrogens (primary N) is 1. The summed E-state index contributed by atoms with van der Waals surface area (Å²) in [5, 5.41) is 0. The first kappa shape index (κ1) is 15.1. The molecule has 124 valence electrons. The van der Waals surface area contributed by atoms with Gasteiger partial charge in [0.15, 0.2) is 5.88 Å². The molecule has 2 aromatic carbocycles. The Morgan fingerprint density at radius 2 is 1.72 bits per heavy atom. The Morgan fingerprint density at radius 3 is 2.44 bits per heavy atom. The highest BCUT2D eigenvalue weighted by Gasteiger charge is 2.07. The van der Waals surface area contributed by atoms with Crippen LogP contribution < -0.4 is 10.5 Å². The van der Waals surface area contributed by atoms with Crippen LogP contribution in [0.25, 0.3) is 22.4 Å². The third-order valence-electron chi connectivity index (χ3n) is 3.95. The number of nitrogens with zero attached hydrogens (tertiary/aromatic N) is 1. The zero-order chi connectivity index (χ0) is 17.1. The van der Waals surface area contributed by atoms with E-state index in [0.29, 0.717) is 12.5 Å². The molecule has 0 atom stereocenters. The van der Waals surface area contributed by atoms with Gasteiger partial charge in [-0.2, -0.15) is 0 Å². The van der Waals surface area contributed by atoms with Gasteiger partial charge in [0.2, 0.25) is 0 Å². The van der Waals surface area contributed by atoms with Crippen LogP contribution >= 0.6 is 0 Å². The molecule has 5 heteroatoms. The zero-order valence-electron chi connectivity index (χ0n) is 13.5. The molecule has 0 amide bonds. The van der Waals surface area contributed by atoms with Gasteiger partial charge in [-0.1, -0.05) is 42.5 Å². The summed E-state index contributed by atoms with van der Waals surface area (Å²) in [7, 11) is 0. The first-order chi connectivity index (χ1) is 12.3. The first-order valence-corrected chi connectivity index (χ1v) is 7.95. The third kappa shape index (κ3) is 3.26. The average molecular weight is 331 g/mol. The van der Waals surface area contributed by atoms with Gasteiger partial charge in [-0.25, -0.2) is 4.98 Å². The molecule has 0 spiro atoms. The van der Waals surface area contributed by atoms with Crippen molar-refractivity contribution in [3.63, 3.8) is 0 Å². The van der Waals surface area contributed by atoms with Gasteiger partial charge in [0, 0.05) is 5.56 Å². The highest BCUT2D eigenvalue weighted by molar-refractivity contribution is 5.74. The number of benzene rings is 2. The Labute approximate surface area is 145 Å². The number of aromatic nitrogens is 2.